The standard InChI is InChI=1S/C8H16B2IS/c1-5(6(2)11)10-7(12)8(3,4)9/h5-7,12H,1-4H3. The molecule has 0 aromatic heterocycles. The predicted molar refractivity (Wildman–Crippen MR) is 71.2 cm³/mol. The third-order valence-corrected chi connectivity index (χ3v) is 3.94. The lowest BCUT2D eigenvalue weighted by Gasteiger charge is -2.29. The summed E-state index contributed by atoms with van der Waals surface area (Å²) < 4.78 is 0.639. The second kappa shape index (κ2) is 5.18. The lowest BCUT2D eigenvalue weighted by Crippen LogP contribution is -2.28. The van der Waals surface area contributed by atoms with E-state index in [1.54, 1.807) is 0 Å². The van der Waals surface area contributed by atoms with E-state index in [9.17, 15) is 0 Å². The molecule has 0 N–H and O–H groups in total. The van der Waals surface area contributed by atoms with Crippen LogP contribution < -0.4 is 0 Å². The van der Waals surface area contributed by atoms with Crippen LogP contribution >= 0.6 is 35.2 Å². The topological polar surface area (TPSA) is 0 Å². The van der Waals surface area contributed by atoms with Gasteiger partial charge in [-0.2, -0.15) is 12.6 Å². The van der Waals surface area contributed by atoms with Crippen LogP contribution in [-0.4, -0.2) is 24.2 Å². The molecule has 67 valence electrons. The van der Waals surface area contributed by atoms with E-state index in [4.69, 9.17) is 7.85 Å². The third-order valence-electron chi connectivity index (χ3n) is 1.97. The SMILES string of the molecule is [B]C(C)(C)C(S)[B]C(C)C(C)I. The summed E-state index contributed by atoms with van der Waals surface area (Å²) in [6, 6.07) is 0. The van der Waals surface area contributed by atoms with E-state index in [1.165, 1.54) is 0 Å². The average molecular weight is 293 g/mol. The zero-order valence-corrected chi connectivity index (χ0v) is 11.3. The van der Waals surface area contributed by atoms with Gasteiger partial charge in [0.2, 0.25) is 0 Å². The molecule has 12 heavy (non-hydrogen) atoms. The molecule has 0 aliphatic heterocycles. The number of halogens is 1. The highest BCUT2D eigenvalue weighted by molar-refractivity contribution is 14.1. The molecule has 0 aliphatic rings. The van der Waals surface area contributed by atoms with Crippen LogP contribution in [0, 0.1) is 0 Å². The zero-order valence-electron chi connectivity index (χ0n) is 8.21. The van der Waals surface area contributed by atoms with Gasteiger partial charge in [0.05, 0.1) is 7.85 Å². The summed E-state index contributed by atoms with van der Waals surface area (Å²) in [7, 11) is 8.14. The molecule has 4 heteroatoms. The van der Waals surface area contributed by atoms with Crippen molar-refractivity contribution in [2.45, 2.75) is 47.9 Å². The molecule has 0 aromatic carbocycles. The summed E-state index contributed by atoms with van der Waals surface area (Å²) in [5, 5.41) is -0.0483. The maximum Gasteiger partial charge on any atom is 0.131 e. The summed E-state index contributed by atoms with van der Waals surface area (Å²) in [6.07, 6.45) is 0. The summed E-state index contributed by atoms with van der Waals surface area (Å²) in [6.45, 7) is 8.41. The monoisotopic (exact) mass is 293 g/mol. The minimum atomic E-state index is -0.219. The van der Waals surface area contributed by atoms with Crippen molar-refractivity contribution in [1.29, 1.82) is 0 Å². The summed E-state index contributed by atoms with van der Waals surface area (Å²) in [4.78, 5) is 0. The fourth-order valence-electron chi connectivity index (χ4n) is 0.689. The van der Waals surface area contributed by atoms with Crippen molar-refractivity contribution >= 4 is 50.3 Å². The van der Waals surface area contributed by atoms with Crippen molar-refractivity contribution in [2.24, 2.45) is 0 Å². The first-order valence-electron chi connectivity index (χ1n) is 4.21. The number of thiol groups is 1. The lowest BCUT2D eigenvalue weighted by molar-refractivity contribution is 0.731. The van der Waals surface area contributed by atoms with E-state index in [1.807, 2.05) is 13.8 Å². The highest BCUT2D eigenvalue weighted by atomic mass is 127. The van der Waals surface area contributed by atoms with Crippen molar-refractivity contribution in [3.8, 4) is 0 Å². The third kappa shape index (κ3) is 5.05. The highest BCUT2D eigenvalue weighted by Crippen LogP contribution is 2.31. The largest absolute Gasteiger partial charge is 0.185 e. The Morgan fingerprint density at radius 1 is 1.42 bits per heavy atom. The maximum absolute atomic E-state index is 5.92. The van der Waals surface area contributed by atoms with Gasteiger partial charge in [0.25, 0.3) is 0 Å². The first-order valence-corrected chi connectivity index (χ1v) is 5.97. The van der Waals surface area contributed by atoms with Gasteiger partial charge in [-0.25, -0.2) is 0 Å². The Labute approximate surface area is 97.8 Å². The van der Waals surface area contributed by atoms with Gasteiger partial charge in [0.1, 0.15) is 7.28 Å². The maximum atomic E-state index is 5.92. The molecule has 0 bridgehead atoms. The Morgan fingerprint density at radius 2 is 1.83 bits per heavy atom. The van der Waals surface area contributed by atoms with Gasteiger partial charge >= 0.3 is 0 Å². The first-order chi connectivity index (χ1) is 5.25. The van der Waals surface area contributed by atoms with Crippen LogP contribution in [0.2, 0.25) is 11.1 Å². The van der Waals surface area contributed by atoms with Crippen LogP contribution in [0.3, 0.4) is 0 Å². The molecule has 0 fully saturated rings. The van der Waals surface area contributed by atoms with Gasteiger partial charge in [-0.1, -0.05) is 61.4 Å². The average Bonchev–Trinajstić information content (AvgIpc) is 1.85. The number of rotatable bonds is 4. The molecule has 0 rings (SSSR count). The van der Waals surface area contributed by atoms with Gasteiger partial charge in [-0.15, -0.1) is 0 Å². The summed E-state index contributed by atoms with van der Waals surface area (Å²) in [5.74, 6) is 0.566. The van der Waals surface area contributed by atoms with E-state index >= 15 is 0 Å². The molecule has 0 aliphatic carbocycles. The Hall–Kier alpha value is 1.21. The molecule has 0 amide bonds. The number of hydrogen-bond acceptors (Lipinski definition) is 1. The Balaban J connectivity index is 3.93. The van der Waals surface area contributed by atoms with Gasteiger partial charge in [-0.05, 0) is 5.15 Å². The van der Waals surface area contributed by atoms with E-state index < -0.39 is 0 Å². The predicted octanol–water partition coefficient (Wildman–Crippen LogP) is 2.95. The molecule has 3 atom stereocenters. The van der Waals surface area contributed by atoms with E-state index in [2.05, 4.69) is 56.3 Å². The van der Waals surface area contributed by atoms with Crippen molar-refractivity contribution in [3.63, 3.8) is 0 Å². The summed E-state index contributed by atoms with van der Waals surface area (Å²) in [5.41, 5.74) is 0. The second-order valence-corrected chi connectivity index (χ2v) is 6.52. The van der Waals surface area contributed by atoms with E-state index in [0.717, 1.165) is 0 Å². The molecule has 0 aromatic rings. The Kier molecular flexibility index (Phi) is 5.70. The van der Waals surface area contributed by atoms with Crippen LogP contribution in [0.5, 0.6) is 0 Å². The Morgan fingerprint density at radius 3 is 2.08 bits per heavy atom. The molecule has 0 spiro atoms. The van der Waals surface area contributed by atoms with Crippen LogP contribution in [0.15, 0.2) is 0 Å². The molecule has 0 saturated heterocycles. The normalized spacial score (nSPS) is 19.8. The van der Waals surface area contributed by atoms with Gasteiger partial charge in [0.15, 0.2) is 0 Å². The molecule has 0 saturated carbocycles. The quantitative estimate of drug-likeness (QED) is 0.350. The van der Waals surface area contributed by atoms with Crippen LogP contribution in [0.25, 0.3) is 0 Å². The molecular weight excluding hydrogens is 277 g/mol. The minimum Gasteiger partial charge on any atom is -0.185 e. The van der Waals surface area contributed by atoms with Crippen LogP contribution in [-0.2, 0) is 0 Å². The molecular formula is C8H16B2IS. The zero-order chi connectivity index (χ0) is 9.94. The van der Waals surface area contributed by atoms with Crippen LogP contribution in [0.4, 0.5) is 0 Å². The molecule has 0 nitrogen and oxygen atoms in total. The first kappa shape index (κ1) is 13.2. The van der Waals surface area contributed by atoms with Crippen molar-refractivity contribution < 1.29 is 0 Å². The van der Waals surface area contributed by atoms with Gasteiger partial charge in [0, 0.05) is 3.92 Å². The number of hydrogen-bond donors (Lipinski definition) is 1. The summed E-state index contributed by atoms with van der Waals surface area (Å²) >= 11 is 6.88. The molecule has 0 heterocycles. The van der Waals surface area contributed by atoms with E-state index in [0.29, 0.717) is 9.74 Å². The number of alkyl halides is 1. The highest BCUT2D eigenvalue weighted by Gasteiger charge is 2.24. The van der Waals surface area contributed by atoms with Crippen molar-refractivity contribution in [3.05, 3.63) is 0 Å². The van der Waals surface area contributed by atoms with Crippen molar-refractivity contribution in [2.75, 3.05) is 0 Å². The minimum absolute atomic E-state index is 0.171. The van der Waals surface area contributed by atoms with E-state index in [-0.39, 0.29) is 10.5 Å². The fraction of sp³-hybridized carbons (Fsp3) is 1.00. The van der Waals surface area contributed by atoms with Crippen LogP contribution in [0.1, 0.15) is 27.7 Å². The van der Waals surface area contributed by atoms with Gasteiger partial charge < -0.3 is 0 Å². The Bertz CT molecular complexity index is 134. The second-order valence-electron chi connectivity index (χ2n) is 4.00. The van der Waals surface area contributed by atoms with Crippen molar-refractivity contribution in [1.82, 2.24) is 0 Å². The lowest BCUT2D eigenvalue weighted by atomic mass is 9.50. The smallest absolute Gasteiger partial charge is 0.131 e. The fourth-order valence-corrected chi connectivity index (χ4v) is 1.20. The molecule has 3 unspecified atom stereocenters. The molecule has 3 radical (unpaired) electrons. The van der Waals surface area contributed by atoms with Gasteiger partial charge in [-0.3, -0.25) is 0 Å².